The van der Waals surface area contributed by atoms with Crippen molar-refractivity contribution in [2.24, 2.45) is 0 Å². The van der Waals surface area contributed by atoms with E-state index in [9.17, 15) is 0 Å². The highest BCUT2D eigenvalue weighted by Gasteiger charge is 2.44. The second-order valence-corrected chi connectivity index (χ2v) is 16.0. The molecule has 0 N–H and O–H groups in total. The predicted octanol–water partition coefficient (Wildman–Crippen LogP) is 11.9. The van der Waals surface area contributed by atoms with Gasteiger partial charge in [-0.25, -0.2) is 0 Å². The molecule has 56 heavy (non-hydrogen) atoms. The monoisotopic (exact) mass is 716 g/mol. The molecule has 10 aromatic rings. The summed E-state index contributed by atoms with van der Waals surface area (Å²) in [5.41, 5.74) is 19.3. The number of fused-ring (bicyclic) bond motifs is 14. The van der Waals surface area contributed by atoms with E-state index in [4.69, 9.17) is 8.83 Å². The summed E-state index contributed by atoms with van der Waals surface area (Å²) in [6.07, 6.45) is 0. The van der Waals surface area contributed by atoms with Crippen molar-refractivity contribution >= 4 is 101 Å². The molecule has 5 heteroatoms. The van der Waals surface area contributed by atoms with Crippen LogP contribution in [0.25, 0.3) is 55.0 Å². The number of hydrogen-bond acceptors (Lipinski definition) is 4. The van der Waals surface area contributed by atoms with Crippen LogP contribution in [-0.2, 0) is 5.41 Å². The average Bonchev–Trinajstić information content (AvgIpc) is 3.88. The van der Waals surface area contributed by atoms with E-state index in [2.05, 4.69) is 175 Å². The summed E-state index contributed by atoms with van der Waals surface area (Å²) in [5.74, 6) is 0. The number of para-hydroxylation sites is 4. The minimum atomic E-state index is -0.189. The molecule has 1 aliphatic carbocycles. The highest BCUT2D eigenvalue weighted by Crippen LogP contribution is 2.54. The van der Waals surface area contributed by atoms with Crippen LogP contribution in [0.1, 0.15) is 25.0 Å². The minimum absolute atomic E-state index is 0.0495. The van der Waals surface area contributed by atoms with Gasteiger partial charge in [0.2, 0.25) is 0 Å². The van der Waals surface area contributed by atoms with Crippen LogP contribution in [0.3, 0.4) is 0 Å². The minimum Gasteiger partial charge on any atom is -0.456 e. The first-order chi connectivity index (χ1) is 27.6. The molecule has 262 valence electrons. The van der Waals surface area contributed by atoms with Gasteiger partial charge in [0.1, 0.15) is 16.7 Å². The van der Waals surface area contributed by atoms with Gasteiger partial charge in [-0.05, 0) is 87.7 Å². The zero-order valence-corrected chi connectivity index (χ0v) is 30.9. The summed E-state index contributed by atoms with van der Waals surface area (Å²) >= 11 is 0. The summed E-state index contributed by atoms with van der Waals surface area (Å²) in [4.78, 5) is 4.87. The fourth-order valence-electron chi connectivity index (χ4n) is 10.5. The van der Waals surface area contributed by atoms with Gasteiger partial charge >= 0.3 is 0 Å². The van der Waals surface area contributed by atoms with E-state index in [0.717, 1.165) is 66.6 Å². The molecule has 3 aliphatic rings. The molecule has 13 rings (SSSR count). The van der Waals surface area contributed by atoms with E-state index in [0.29, 0.717) is 0 Å². The van der Waals surface area contributed by atoms with Crippen LogP contribution in [0.15, 0.2) is 173 Å². The van der Waals surface area contributed by atoms with Crippen molar-refractivity contribution in [1.82, 2.24) is 0 Å². The number of nitrogens with zero attached hydrogens (tertiary/aromatic N) is 2. The Hall–Kier alpha value is -6.98. The van der Waals surface area contributed by atoms with Crippen molar-refractivity contribution in [3.8, 4) is 11.1 Å². The third-order valence-corrected chi connectivity index (χ3v) is 12.8. The van der Waals surface area contributed by atoms with Gasteiger partial charge in [0.15, 0.2) is 5.58 Å². The summed E-state index contributed by atoms with van der Waals surface area (Å²) < 4.78 is 13.7. The van der Waals surface area contributed by atoms with Crippen molar-refractivity contribution in [1.29, 1.82) is 0 Å². The average molecular weight is 717 g/mol. The van der Waals surface area contributed by atoms with E-state index in [1.54, 1.807) is 0 Å². The maximum absolute atomic E-state index is 7.22. The Labute approximate surface area is 323 Å². The summed E-state index contributed by atoms with van der Waals surface area (Å²) in [6, 6.07) is 59.5. The Kier molecular flexibility index (Phi) is 5.76. The smallest absolute Gasteiger partial charge is 0.252 e. The molecule has 8 aromatic carbocycles. The Morgan fingerprint density at radius 1 is 0.446 bits per heavy atom. The first-order valence-electron chi connectivity index (χ1n) is 19.5. The van der Waals surface area contributed by atoms with Crippen molar-refractivity contribution in [2.45, 2.75) is 19.3 Å². The normalized spacial score (nSPS) is 14.6. The van der Waals surface area contributed by atoms with Crippen molar-refractivity contribution < 1.29 is 8.83 Å². The predicted molar refractivity (Wildman–Crippen MR) is 233 cm³/mol. The van der Waals surface area contributed by atoms with Crippen molar-refractivity contribution in [3.63, 3.8) is 0 Å². The van der Waals surface area contributed by atoms with E-state index < -0.39 is 0 Å². The highest BCUT2D eigenvalue weighted by atomic mass is 16.3. The fraction of sp³-hybridized carbons (Fsp3) is 0.0588. The van der Waals surface area contributed by atoms with Crippen LogP contribution >= 0.6 is 0 Å². The molecule has 0 amide bonds. The van der Waals surface area contributed by atoms with Crippen molar-refractivity contribution in [3.05, 3.63) is 175 Å². The molecule has 4 nitrogen and oxygen atoms in total. The number of rotatable bonds is 2. The Balaban J connectivity index is 1.06. The lowest BCUT2D eigenvalue weighted by Crippen LogP contribution is -2.61. The van der Waals surface area contributed by atoms with E-state index >= 15 is 0 Å². The van der Waals surface area contributed by atoms with Crippen LogP contribution in [0.5, 0.6) is 0 Å². The largest absolute Gasteiger partial charge is 0.456 e. The maximum Gasteiger partial charge on any atom is 0.252 e. The number of furan rings is 2. The Bertz CT molecular complexity index is 3330. The van der Waals surface area contributed by atoms with Crippen LogP contribution < -0.4 is 26.2 Å². The molecule has 0 saturated carbocycles. The second kappa shape index (κ2) is 10.6. The molecular formula is C51H33BN2O2. The Morgan fingerprint density at radius 2 is 1.05 bits per heavy atom. The van der Waals surface area contributed by atoms with Crippen LogP contribution in [0.4, 0.5) is 34.1 Å². The second-order valence-electron chi connectivity index (χ2n) is 16.0. The van der Waals surface area contributed by atoms with Gasteiger partial charge in [-0.15, -0.1) is 0 Å². The first-order valence-corrected chi connectivity index (χ1v) is 19.5. The van der Waals surface area contributed by atoms with E-state index in [-0.39, 0.29) is 12.1 Å². The lowest BCUT2D eigenvalue weighted by molar-refractivity contribution is 0.620. The molecule has 2 aliphatic heterocycles. The van der Waals surface area contributed by atoms with Gasteiger partial charge in [0.25, 0.3) is 6.71 Å². The summed E-state index contributed by atoms with van der Waals surface area (Å²) in [7, 11) is 0. The molecule has 2 aromatic heterocycles. The number of anilines is 6. The molecule has 0 atom stereocenters. The van der Waals surface area contributed by atoms with Crippen LogP contribution in [0, 0.1) is 0 Å². The zero-order valence-electron chi connectivity index (χ0n) is 30.9. The molecule has 0 saturated heterocycles. The van der Waals surface area contributed by atoms with E-state index in [1.165, 1.54) is 50.0 Å². The van der Waals surface area contributed by atoms with Crippen LogP contribution in [0.2, 0.25) is 0 Å². The topological polar surface area (TPSA) is 32.8 Å². The zero-order chi connectivity index (χ0) is 36.9. The molecule has 0 spiro atoms. The van der Waals surface area contributed by atoms with Crippen molar-refractivity contribution in [2.75, 3.05) is 9.80 Å². The third-order valence-electron chi connectivity index (χ3n) is 12.8. The van der Waals surface area contributed by atoms with Gasteiger partial charge < -0.3 is 18.6 Å². The molecule has 4 heterocycles. The van der Waals surface area contributed by atoms with Gasteiger partial charge in [0, 0.05) is 67.0 Å². The van der Waals surface area contributed by atoms with Gasteiger partial charge in [-0.2, -0.15) is 0 Å². The number of hydrogen-bond donors (Lipinski definition) is 0. The van der Waals surface area contributed by atoms with Gasteiger partial charge in [-0.1, -0.05) is 117 Å². The quantitative estimate of drug-likeness (QED) is 0.167. The highest BCUT2D eigenvalue weighted by molar-refractivity contribution is 7.00. The molecular weight excluding hydrogens is 683 g/mol. The standard InChI is InChI=1S/C51H33BN2O2/c1-51(2)37-16-5-3-13-31(37)34-27-28-36-35-15-11-23-44(49(35)56-50(36)47(34)51)54-41-20-9-7-18-39(41)52-38-17-6-8-19-40(38)53(42-21-12-22-43(54)48(42)52)30-25-26-33-32-14-4-10-24-45(32)55-46(33)29-30/h3-29H,1-2H3. The van der Waals surface area contributed by atoms with E-state index in [1.807, 2.05) is 12.1 Å². The van der Waals surface area contributed by atoms with Gasteiger partial charge in [0.05, 0.1) is 5.69 Å². The lowest BCUT2D eigenvalue weighted by atomic mass is 9.33. The summed E-state index contributed by atoms with van der Waals surface area (Å²) in [6.45, 7) is 4.71. The molecule has 0 radical (unpaired) electrons. The Morgan fingerprint density at radius 3 is 1.91 bits per heavy atom. The van der Waals surface area contributed by atoms with Gasteiger partial charge in [-0.3, -0.25) is 0 Å². The molecule has 0 fully saturated rings. The summed E-state index contributed by atoms with van der Waals surface area (Å²) in [5, 5.41) is 4.54. The lowest BCUT2D eigenvalue weighted by Gasteiger charge is -2.43. The first kappa shape index (κ1) is 30.4. The molecule has 0 unspecified atom stereocenters. The number of benzene rings is 8. The molecule has 0 bridgehead atoms. The SMILES string of the molecule is CC1(C)c2ccccc2-c2ccc3c(oc4c(N5c6ccccc6B6c7ccccc7N(c7ccc8c(c7)oc7ccccc78)c7cccc5c76)cccc43)c21. The third kappa shape index (κ3) is 3.75. The fourth-order valence-corrected chi connectivity index (χ4v) is 10.5. The van der Waals surface area contributed by atoms with Crippen LogP contribution in [-0.4, -0.2) is 6.71 Å². The maximum atomic E-state index is 7.22.